The highest BCUT2D eigenvalue weighted by molar-refractivity contribution is 7.89. The Morgan fingerprint density at radius 2 is 2.14 bits per heavy atom. The zero-order valence-corrected chi connectivity index (χ0v) is 14.0. The molecule has 1 aromatic carbocycles. The van der Waals surface area contributed by atoms with Crippen LogP contribution in [0.5, 0.6) is 5.75 Å². The topological polar surface area (TPSA) is 89.7 Å². The van der Waals surface area contributed by atoms with E-state index in [0.717, 1.165) is 0 Å². The number of benzene rings is 1. The molecule has 1 heterocycles. The largest absolute Gasteiger partial charge is 0.489 e. The minimum Gasteiger partial charge on any atom is -0.489 e. The Hall–Kier alpha value is -1.31. The summed E-state index contributed by atoms with van der Waals surface area (Å²) in [6.45, 7) is 4.11. The van der Waals surface area contributed by atoms with Gasteiger partial charge in [-0.25, -0.2) is 13.6 Å². The number of amides is 1. The summed E-state index contributed by atoms with van der Waals surface area (Å²) >= 11 is 6.16. The van der Waals surface area contributed by atoms with Crippen LogP contribution in [0.2, 0.25) is 5.02 Å². The summed E-state index contributed by atoms with van der Waals surface area (Å²) in [4.78, 5) is 13.6. The quantitative estimate of drug-likeness (QED) is 0.879. The van der Waals surface area contributed by atoms with E-state index in [1.54, 1.807) is 18.2 Å². The Bertz CT molecular complexity index is 675. The van der Waals surface area contributed by atoms with Crippen molar-refractivity contribution in [3.05, 3.63) is 23.2 Å². The first-order valence-corrected chi connectivity index (χ1v) is 9.02. The fourth-order valence-corrected chi connectivity index (χ4v) is 3.58. The highest BCUT2D eigenvalue weighted by atomic mass is 35.5. The van der Waals surface area contributed by atoms with E-state index in [2.05, 4.69) is 0 Å². The Labute approximate surface area is 135 Å². The molecule has 1 aromatic rings. The maximum atomic E-state index is 12.1. The number of hydrogen-bond donors (Lipinski definition) is 1. The number of nitrogens with zero attached hydrogens (tertiary/aromatic N) is 1. The lowest BCUT2D eigenvalue weighted by atomic mass is 10.1. The molecule has 0 bridgehead atoms. The Kier molecular flexibility index (Phi) is 4.99. The summed E-state index contributed by atoms with van der Waals surface area (Å²) in [5, 5.41) is 5.45. The van der Waals surface area contributed by atoms with Gasteiger partial charge in [0.25, 0.3) is 0 Å². The van der Waals surface area contributed by atoms with Crippen LogP contribution in [0, 0.1) is 5.92 Å². The highest BCUT2D eigenvalue weighted by Gasteiger charge is 2.33. The molecule has 0 spiro atoms. The molecule has 1 unspecified atom stereocenters. The Balaban J connectivity index is 2.15. The van der Waals surface area contributed by atoms with E-state index in [0.29, 0.717) is 23.0 Å². The Morgan fingerprint density at radius 3 is 2.68 bits per heavy atom. The molecule has 122 valence electrons. The molecule has 22 heavy (non-hydrogen) atoms. The summed E-state index contributed by atoms with van der Waals surface area (Å²) in [5.41, 5.74) is 0.628. The number of anilines is 1. The average Bonchev–Trinajstić information content (AvgIpc) is 2.70. The smallest absolute Gasteiger partial charge is 0.227 e. The normalized spacial score (nSPS) is 19.0. The molecule has 1 fully saturated rings. The Morgan fingerprint density at radius 1 is 1.45 bits per heavy atom. The van der Waals surface area contributed by atoms with Crippen molar-refractivity contribution in [2.24, 2.45) is 11.1 Å². The number of primary sulfonamides is 1. The number of carbonyl (C=O) groups is 1. The van der Waals surface area contributed by atoms with Crippen molar-refractivity contribution < 1.29 is 17.9 Å². The minimum atomic E-state index is -3.59. The molecule has 6 nitrogen and oxygen atoms in total. The summed E-state index contributed by atoms with van der Waals surface area (Å²) < 4.78 is 27.8. The zero-order valence-electron chi connectivity index (χ0n) is 12.5. The van der Waals surface area contributed by atoms with Gasteiger partial charge in [-0.15, -0.1) is 0 Å². The lowest BCUT2D eigenvalue weighted by Gasteiger charge is -2.18. The van der Waals surface area contributed by atoms with E-state index >= 15 is 0 Å². The van der Waals surface area contributed by atoms with Crippen LogP contribution in [-0.4, -0.2) is 32.7 Å². The lowest BCUT2D eigenvalue weighted by molar-refractivity contribution is -0.117. The summed E-state index contributed by atoms with van der Waals surface area (Å²) in [7, 11) is -3.59. The van der Waals surface area contributed by atoms with Crippen molar-refractivity contribution in [2.45, 2.75) is 26.4 Å². The maximum absolute atomic E-state index is 12.1. The molecule has 2 N–H and O–H groups in total. The van der Waals surface area contributed by atoms with Crippen molar-refractivity contribution in [3.8, 4) is 5.75 Å². The number of carbonyl (C=O) groups excluding carboxylic acids is 1. The number of sulfonamides is 1. The summed E-state index contributed by atoms with van der Waals surface area (Å²) in [5.74, 6) is -0.0828. The first-order chi connectivity index (χ1) is 10.2. The van der Waals surface area contributed by atoms with Crippen LogP contribution in [0.25, 0.3) is 0 Å². The molecule has 1 saturated heterocycles. The molecule has 0 saturated carbocycles. The van der Waals surface area contributed by atoms with Gasteiger partial charge in [0.05, 0.1) is 16.9 Å². The number of halogens is 1. The second-order valence-corrected chi connectivity index (χ2v) is 7.75. The van der Waals surface area contributed by atoms with Crippen LogP contribution in [0.4, 0.5) is 5.69 Å². The molecule has 1 aliphatic rings. The van der Waals surface area contributed by atoms with Gasteiger partial charge in [-0.1, -0.05) is 11.6 Å². The van der Waals surface area contributed by atoms with Crippen LogP contribution in [-0.2, 0) is 14.8 Å². The number of hydrogen-bond acceptors (Lipinski definition) is 4. The molecule has 2 rings (SSSR count). The first kappa shape index (κ1) is 17.1. The molecule has 0 radical (unpaired) electrons. The minimum absolute atomic E-state index is 0.00379. The van der Waals surface area contributed by atoms with E-state index < -0.39 is 10.0 Å². The highest BCUT2D eigenvalue weighted by Crippen LogP contribution is 2.33. The third kappa shape index (κ3) is 4.34. The van der Waals surface area contributed by atoms with Gasteiger partial charge in [0, 0.05) is 24.6 Å². The van der Waals surface area contributed by atoms with E-state index in [9.17, 15) is 13.2 Å². The van der Waals surface area contributed by atoms with Crippen LogP contribution in [0.1, 0.15) is 20.3 Å². The fourth-order valence-electron chi connectivity index (χ4n) is 2.48. The second kappa shape index (κ2) is 6.44. The van der Waals surface area contributed by atoms with Crippen LogP contribution >= 0.6 is 11.6 Å². The van der Waals surface area contributed by atoms with Crippen LogP contribution in [0.3, 0.4) is 0 Å². The fraction of sp³-hybridized carbons (Fsp3) is 0.500. The molecule has 8 heteroatoms. The lowest BCUT2D eigenvalue weighted by Crippen LogP contribution is -2.27. The van der Waals surface area contributed by atoms with Gasteiger partial charge < -0.3 is 9.64 Å². The molecular weight excluding hydrogens is 328 g/mol. The van der Waals surface area contributed by atoms with E-state index in [-0.39, 0.29) is 30.1 Å². The van der Waals surface area contributed by atoms with E-state index in [1.807, 2.05) is 13.8 Å². The molecular formula is C14H19ClN2O4S. The van der Waals surface area contributed by atoms with Crippen molar-refractivity contribution in [3.63, 3.8) is 0 Å². The third-order valence-electron chi connectivity index (χ3n) is 3.26. The van der Waals surface area contributed by atoms with Crippen molar-refractivity contribution in [1.82, 2.24) is 0 Å². The zero-order chi connectivity index (χ0) is 16.5. The SMILES string of the molecule is CC(C)Oc1ccc(N2CC(CS(N)(=O)=O)CC2=O)cc1Cl. The van der Waals surface area contributed by atoms with Gasteiger partial charge >= 0.3 is 0 Å². The number of nitrogens with two attached hydrogens (primary N) is 1. The predicted octanol–water partition coefficient (Wildman–Crippen LogP) is 1.77. The summed E-state index contributed by atoms with van der Waals surface area (Å²) in [6.07, 6.45) is 0.161. The number of ether oxygens (including phenoxy) is 1. The van der Waals surface area contributed by atoms with Crippen molar-refractivity contribution >= 4 is 33.2 Å². The average molecular weight is 347 g/mol. The van der Waals surface area contributed by atoms with Crippen molar-refractivity contribution in [1.29, 1.82) is 0 Å². The monoisotopic (exact) mass is 346 g/mol. The van der Waals surface area contributed by atoms with Crippen LogP contribution in [0.15, 0.2) is 18.2 Å². The van der Waals surface area contributed by atoms with Gasteiger partial charge in [-0.05, 0) is 32.0 Å². The predicted molar refractivity (Wildman–Crippen MR) is 85.7 cm³/mol. The third-order valence-corrected chi connectivity index (χ3v) is 4.49. The second-order valence-electron chi connectivity index (χ2n) is 5.69. The van der Waals surface area contributed by atoms with Gasteiger partial charge in [-0.2, -0.15) is 0 Å². The summed E-state index contributed by atoms with van der Waals surface area (Å²) in [6, 6.07) is 5.09. The van der Waals surface area contributed by atoms with E-state index in [4.69, 9.17) is 21.5 Å². The van der Waals surface area contributed by atoms with Crippen molar-refractivity contribution in [2.75, 3.05) is 17.2 Å². The molecule has 1 aliphatic heterocycles. The molecule has 1 atom stereocenters. The number of rotatable bonds is 5. The molecule has 0 aliphatic carbocycles. The standard InChI is InChI=1S/C14H19ClN2O4S/c1-9(2)21-13-4-3-11(6-12(13)15)17-7-10(5-14(17)18)8-22(16,19)20/h3-4,6,9-10H,5,7-8H2,1-2H3,(H2,16,19,20). The van der Waals surface area contributed by atoms with Gasteiger partial charge in [0.1, 0.15) is 5.75 Å². The van der Waals surface area contributed by atoms with Crippen LogP contribution < -0.4 is 14.8 Å². The molecule has 0 aromatic heterocycles. The first-order valence-electron chi connectivity index (χ1n) is 6.93. The van der Waals surface area contributed by atoms with Gasteiger partial charge in [0.15, 0.2) is 0 Å². The molecule has 1 amide bonds. The van der Waals surface area contributed by atoms with Gasteiger partial charge in [-0.3, -0.25) is 4.79 Å². The van der Waals surface area contributed by atoms with Gasteiger partial charge in [0.2, 0.25) is 15.9 Å². The van der Waals surface area contributed by atoms with E-state index in [1.165, 1.54) is 4.90 Å². The maximum Gasteiger partial charge on any atom is 0.227 e.